The van der Waals surface area contributed by atoms with Gasteiger partial charge in [-0.1, -0.05) is 12.8 Å². The van der Waals surface area contributed by atoms with E-state index in [9.17, 15) is 4.79 Å². The van der Waals surface area contributed by atoms with Gasteiger partial charge in [-0.2, -0.15) is 0 Å². The first kappa shape index (κ1) is 13.4. The number of rotatable bonds is 1. The second-order valence-electron chi connectivity index (χ2n) is 5.40. The first-order chi connectivity index (χ1) is 9.68. The number of hydrogen-bond donors (Lipinski definition) is 1. The molecule has 0 radical (unpaired) electrons. The van der Waals surface area contributed by atoms with Gasteiger partial charge >= 0.3 is 0 Å². The average Bonchev–Trinajstić information content (AvgIpc) is 2.64. The van der Waals surface area contributed by atoms with Crippen LogP contribution in [0.25, 0.3) is 10.2 Å². The SMILES string of the molecule is CC1CCCCCN1C(=O)c1sc2ncccc2c1N. The van der Waals surface area contributed by atoms with Gasteiger partial charge in [0.15, 0.2) is 0 Å². The van der Waals surface area contributed by atoms with E-state index in [1.165, 1.54) is 24.2 Å². The Labute approximate surface area is 122 Å². The van der Waals surface area contributed by atoms with Crippen molar-refractivity contribution in [1.82, 2.24) is 9.88 Å². The summed E-state index contributed by atoms with van der Waals surface area (Å²) in [4.78, 5) is 20.5. The molecule has 1 fully saturated rings. The van der Waals surface area contributed by atoms with Crippen molar-refractivity contribution in [3.63, 3.8) is 0 Å². The summed E-state index contributed by atoms with van der Waals surface area (Å²) >= 11 is 1.41. The zero-order valence-corrected chi connectivity index (χ0v) is 12.4. The molecule has 2 N–H and O–H groups in total. The van der Waals surface area contributed by atoms with Gasteiger partial charge in [-0.05, 0) is 31.9 Å². The van der Waals surface area contributed by atoms with Crippen LogP contribution < -0.4 is 5.73 Å². The van der Waals surface area contributed by atoms with Crippen molar-refractivity contribution < 1.29 is 4.79 Å². The molecule has 1 amide bonds. The maximum absolute atomic E-state index is 12.8. The number of thiophene rings is 1. The van der Waals surface area contributed by atoms with Gasteiger partial charge in [-0.25, -0.2) is 4.98 Å². The average molecular weight is 289 g/mol. The van der Waals surface area contributed by atoms with Crippen LogP contribution in [-0.4, -0.2) is 28.4 Å². The van der Waals surface area contributed by atoms with Crippen molar-refractivity contribution in [2.24, 2.45) is 0 Å². The van der Waals surface area contributed by atoms with Crippen molar-refractivity contribution >= 4 is 33.1 Å². The molecule has 1 aliphatic heterocycles. The smallest absolute Gasteiger partial charge is 0.266 e. The fourth-order valence-corrected chi connectivity index (χ4v) is 3.84. The molecule has 4 nitrogen and oxygen atoms in total. The van der Waals surface area contributed by atoms with Crippen molar-refractivity contribution in [3.8, 4) is 0 Å². The number of hydrogen-bond acceptors (Lipinski definition) is 4. The van der Waals surface area contributed by atoms with Gasteiger partial charge in [0.1, 0.15) is 9.71 Å². The number of nitrogens with zero attached hydrogens (tertiary/aromatic N) is 2. The van der Waals surface area contributed by atoms with Crippen LogP contribution in [0, 0.1) is 0 Å². The lowest BCUT2D eigenvalue weighted by Crippen LogP contribution is -2.38. The first-order valence-corrected chi connectivity index (χ1v) is 7.94. The topological polar surface area (TPSA) is 59.2 Å². The van der Waals surface area contributed by atoms with E-state index in [-0.39, 0.29) is 5.91 Å². The van der Waals surface area contributed by atoms with E-state index in [1.807, 2.05) is 17.0 Å². The van der Waals surface area contributed by atoms with E-state index < -0.39 is 0 Å². The number of carbonyl (C=O) groups is 1. The van der Waals surface area contributed by atoms with Gasteiger partial charge in [-0.15, -0.1) is 11.3 Å². The van der Waals surface area contributed by atoms with Gasteiger partial charge < -0.3 is 10.6 Å². The number of carbonyl (C=O) groups excluding carboxylic acids is 1. The molecule has 1 unspecified atom stereocenters. The third-order valence-corrected chi connectivity index (χ3v) is 5.13. The van der Waals surface area contributed by atoms with E-state index in [0.29, 0.717) is 16.6 Å². The molecule has 1 saturated heterocycles. The molecule has 1 atom stereocenters. The van der Waals surface area contributed by atoms with Gasteiger partial charge in [0.2, 0.25) is 0 Å². The molecular formula is C15H19N3OS. The highest BCUT2D eigenvalue weighted by Gasteiger charge is 2.26. The van der Waals surface area contributed by atoms with E-state index in [0.717, 1.165) is 29.6 Å². The molecule has 0 saturated carbocycles. The summed E-state index contributed by atoms with van der Waals surface area (Å²) in [6.07, 6.45) is 6.31. The fraction of sp³-hybridized carbons (Fsp3) is 0.467. The Morgan fingerprint density at radius 2 is 2.30 bits per heavy atom. The Balaban J connectivity index is 1.97. The molecule has 0 spiro atoms. The normalized spacial score (nSPS) is 20.1. The van der Waals surface area contributed by atoms with Gasteiger partial charge in [0, 0.05) is 24.2 Å². The minimum Gasteiger partial charge on any atom is -0.397 e. The molecule has 106 valence electrons. The summed E-state index contributed by atoms with van der Waals surface area (Å²) < 4.78 is 0. The molecule has 5 heteroatoms. The van der Waals surface area contributed by atoms with Gasteiger partial charge in [0.25, 0.3) is 5.91 Å². The minimum atomic E-state index is 0.0694. The first-order valence-electron chi connectivity index (χ1n) is 7.12. The second-order valence-corrected chi connectivity index (χ2v) is 6.40. The molecule has 0 aliphatic carbocycles. The van der Waals surface area contributed by atoms with Crippen LogP contribution in [0.2, 0.25) is 0 Å². The highest BCUT2D eigenvalue weighted by atomic mass is 32.1. The highest BCUT2D eigenvalue weighted by molar-refractivity contribution is 7.21. The quantitative estimate of drug-likeness (QED) is 0.876. The summed E-state index contributed by atoms with van der Waals surface area (Å²) in [5.74, 6) is 0.0694. The van der Waals surface area contributed by atoms with E-state index in [4.69, 9.17) is 5.73 Å². The lowest BCUT2D eigenvalue weighted by Gasteiger charge is -2.26. The van der Waals surface area contributed by atoms with Crippen LogP contribution in [0.5, 0.6) is 0 Å². The van der Waals surface area contributed by atoms with Crippen LogP contribution in [0.3, 0.4) is 0 Å². The molecule has 2 aromatic rings. The number of fused-ring (bicyclic) bond motifs is 1. The Bertz CT molecular complexity index is 637. The number of likely N-dealkylation sites (tertiary alicyclic amines) is 1. The van der Waals surface area contributed by atoms with Crippen LogP contribution in [0.1, 0.15) is 42.3 Å². The zero-order chi connectivity index (χ0) is 14.1. The number of aromatic nitrogens is 1. The summed E-state index contributed by atoms with van der Waals surface area (Å²) in [5.41, 5.74) is 6.74. The maximum Gasteiger partial charge on any atom is 0.266 e. The monoisotopic (exact) mass is 289 g/mol. The molecule has 20 heavy (non-hydrogen) atoms. The number of anilines is 1. The predicted molar refractivity (Wildman–Crippen MR) is 83.0 cm³/mol. The molecule has 0 bridgehead atoms. The Morgan fingerprint density at radius 3 is 3.10 bits per heavy atom. The van der Waals surface area contributed by atoms with Crippen molar-refractivity contribution in [1.29, 1.82) is 0 Å². The van der Waals surface area contributed by atoms with Gasteiger partial charge in [0.05, 0.1) is 5.69 Å². The largest absolute Gasteiger partial charge is 0.397 e. The minimum absolute atomic E-state index is 0.0694. The van der Waals surface area contributed by atoms with Crippen LogP contribution in [-0.2, 0) is 0 Å². The highest BCUT2D eigenvalue weighted by Crippen LogP contribution is 2.33. The summed E-state index contributed by atoms with van der Waals surface area (Å²) in [6, 6.07) is 4.08. The number of pyridine rings is 1. The standard InChI is InChI=1S/C15H19N3OS/c1-10-6-3-2-4-9-18(10)15(19)13-12(16)11-7-5-8-17-14(11)20-13/h5,7-8,10H,2-4,6,9,16H2,1H3. The molecule has 3 heterocycles. The molecular weight excluding hydrogens is 270 g/mol. The van der Waals surface area contributed by atoms with Gasteiger partial charge in [-0.3, -0.25) is 4.79 Å². The van der Waals surface area contributed by atoms with Crippen molar-refractivity contribution in [3.05, 3.63) is 23.2 Å². The zero-order valence-electron chi connectivity index (χ0n) is 11.6. The van der Waals surface area contributed by atoms with E-state index in [1.54, 1.807) is 6.20 Å². The molecule has 3 rings (SSSR count). The second kappa shape index (κ2) is 5.40. The van der Waals surface area contributed by atoms with Crippen LogP contribution in [0.15, 0.2) is 18.3 Å². The predicted octanol–water partition coefficient (Wildman–Crippen LogP) is 3.28. The number of nitrogen functional groups attached to an aromatic ring is 1. The number of amides is 1. The van der Waals surface area contributed by atoms with Crippen LogP contribution >= 0.6 is 11.3 Å². The fourth-order valence-electron chi connectivity index (χ4n) is 2.82. The molecule has 0 aromatic carbocycles. The maximum atomic E-state index is 12.8. The Kier molecular flexibility index (Phi) is 3.61. The Morgan fingerprint density at radius 1 is 1.45 bits per heavy atom. The third-order valence-electron chi connectivity index (χ3n) is 4.01. The molecule has 2 aromatic heterocycles. The summed E-state index contributed by atoms with van der Waals surface area (Å²) in [7, 11) is 0. The summed E-state index contributed by atoms with van der Waals surface area (Å²) in [5, 5.41) is 0.892. The van der Waals surface area contributed by atoms with Crippen molar-refractivity contribution in [2.45, 2.75) is 38.6 Å². The number of nitrogens with two attached hydrogens (primary N) is 1. The summed E-state index contributed by atoms with van der Waals surface area (Å²) in [6.45, 7) is 2.96. The van der Waals surface area contributed by atoms with Crippen molar-refractivity contribution in [2.75, 3.05) is 12.3 Å². The lowest BCUT2D eigenvalue weighted by atomic mass is 10.1. The van der Waals surface area contributed by atoms with Crippen LogP contribution in [0.4, 0.5) is 5.69 Å². The third kappa shape index (κ3) is 2.26. The molecule has 1 aliphatic rings. The Hall–Kier alpha value is -1.62. The van der Waals surface area contributed by atoms with E-state index in [2.05, 4.69) is 11.9 Å². The lowest BCUT2D eigenvalue weighted by molar-refractivity contribution is 0.0704. The van der Waals surface area contributed by atoms with E-state index >= 15 is 0 Å².